The molecule has 1 amide bonds. The maximum absolute atomic E-state index is 12.3. The molecule has 5 nitrogen and oxygen atoms in total. The van der Waals surface area contributed by atoms with Crippen LogP contribution in [0.25, 0.3) is 11.5 Å². The highest BCUT2D eigenvalue weighted by Gasteiger charge is 2.18. The molecular weight excluding hydrogens is 381 g/mol. The van der Waals surface area contributed by atoms with Gasteiger partial charge >= 0.3 is 6.01 Å². The van der Waals surface area contributed by atoms with Crippen LogP contribution < -0.4 is 5.32 Å². The Hall–Kier alpha value is -1.89. The summed E-state index contributed by atoms with van der Waals surface area (Å²) in [5.74, 6) is -0.128. The fraction of sp³-hybridized carbons (Fsp3) is 0.235. The van der Waals surface area contributed by atoms with E-state index < -0.39 is 0 Å². The Labute approximate surface area is 159 Å². The first-order chi connectivity index (χ1) is 11.7. The zero-order valence-electron chi connectivity index (χ0n) is 13.8. The maximum atomic E-state index is 12.3. The Balaban J connectivity index is 1.74. The van der Waals surface area contributed by atoms with Crippen LogP contribution in [-0.4, -0.2) is 16.1 Å². The molecule has 2 aromatic heterocycles. The van der Waals surface area contributed by atoms with E-state index in [4.69, 9.17) is 27.6 Å². The van der Waals surface area contributed by atoms with E-state index in [9.17, 15) is 4.79 Å². The molecule has 0 aliphatic rings. The van der Waals surface area contributed by atoms with Crippen molar-refractivity contribution in [2.45, 2.75) is 26.2 Å². The molecule has 1 aromatic carbocycles. The van der Waals surface area contributed by atoms with Crippen molar-refractivity contribution in [1.82, 2.24) is 10.2 Å². The zero-order valence-corrected chi connectivity index (χ0v) is 16.1. The van der Waals surface area contributed by atoms with Crippen LogP contribution in [0.1, 0.15) is 36.7 Å². The minimum atomic E-state index is -0.329. The fourth-order valence-corrected chi connectivity index (χ4v) is 3.61. The number of carbonyl (C=O) groups is 1. The molecule has 0 spiro atoms. The van der Waals surface area contributed by atoms with Gasteiger partial charge in [0.15, 0.2) is 0 Å². The van der Waals surface area contributed by atoms with Crippen LogP contribution in [-0.2, 0) is 5.41 Å². The zero-order chi connectivity index (χ0) is 18.2. The molecule has 0 saturated carbocycles. The average Bonchev–Trinajstić information content (AvgIpc) is 3.12. The molecule has 8 heteroatoms. The predicted octanol–water partition coefficient (Wildman–Crippen LogP) is 5.65. The Morgan fingerprint density at radius 2 is 1.84 bits per heavy atom. The van der Waals surface area contributed by atoms with Crippen LogP contribution in [0.15, 0.2) is 34.7 Å². The van der Waals surface area contributed by atoms with Crippen molar-refractivity contribution in [3.63, 3.8) is 0 Å². The molecule has 2 heterocycles. The minimum absolute atomic E-state index is 0.00159. The monoisotopic (exact) mass is 395 g/mol. The van der Waals surface area contributed by atoms with Gasteiger partial charge in [-0.2, -0.15) is 0 Å². The van der Waals surface area contributed by atoms with Crippen LogP contribution in [0.4, 0.5) is 6.01 Å². The molecule has 3 rings (SSSR count). The van der Waals surface area contributed by atoms with E-state index >= 15 is 0 Å². The second kappa shape index (κ2) is 6.78. The highest BCUT2D eigenvalue weighted by Crippen LogP contribution is 2.37. The highest BCUT2D eigenvalue weighted by molar-refractivity contribution is 7.20. The van der Waals surface area contributed by atoms with E-state index in [1.807, 2.05) is 12.1 Å². The van der Waals surface area contributed by atoms with Gasteiger partial charge in [-0.05, 0) is 29.2 Å². The van der Waals surface area contributed by atoms with Crippen LogP contribution in [0.2, 0.25) is 8.67 Å². The first-order valence-corrected chi connectivity index (χ1v) is 9.02. The van der Waals surface area contributed by atoms with Crippen LogP contribution in [0, 0.1) is 0 Å². The van der Waals surface area contributed by atoms with Crippen molar-refractivity contribution in [2.24, 2.45) is 0 Å². The number of nitrogens with zero attached hydrogens (tertiary/aromatic N) is 2. The summed E-state index contributed by atoms with van der Waals surface area (Å²) in [6.07, 6.45) is 0. The van der Waals surface area contributed by atoms with Gasteiger partial charge in [-0.15, -0.1) is 16.4 Å². The molecule has 130 valence electrons. The Morgan fingerprint density at radius 3 is 2.40 bits per heavy atom. The van der Waals surface area contributed by atoms with Gasteiger partial charge < -0.3 is 4.42 Å². The summed E-state index contributed by atoms with van der Waals surface area (Å²) < 4.78 is 6.41. The highest BCUT2D eigenvalue weighted by atomic mass is 35.5. The number of hydrogen-bond acceptors (Lipinski definition) is 5. The first-order valence-electron chi connectivity index (χ1n) is 7.44. The molecule has 0 saturated heterocycles. The lowest BCUT2D eigenvalue weighted by atomic mass is 9.87. The Kier molecular flexibility index (Phi) is 4.86. The van der Waals surface area contributed by atoms with Crippen molar-refractivity contribution in [1.29, 1.82) is 0 Å². The largest absolute Gasteiger partial charge is 0.403 e. The lowest BCUT2D eigenvalue weighted by molar-refractivity contribution is 0.102. The van der Waals surface area contributed by atoms with Crippen molar-refractivity contribution in [3.05, 3.63) is 50.1 Å². The Morgan fingerprint density at radius 1 is 1.16 bits per heavy atom. The second-order valence-corrected chi connectivity index (χ2v) is 8.72. The summed E-state index contributed by atoms with van der Waals surface area (Å²) in [4.78, 5) is 12.3. The Bertz CT molecular complexity index is 911. The van der Waals surface area contributed by atoms with Gasteiger partial charge in [0.25, 0.3) is 11.8 Å². The number of anilines is 1. The molecule has 0 aliphatic carbocycles. The average molecular weight is 396 g/mol. The second-order valence-electron chi connectivity index (χ2n) is 6.43. The van der Waals surface area contributed by atoms with Gasteiger partial charge in [-0.25, -0.2) is 0 Å². The van der Waals surface area contributed by atoms with Crippen molar-refractivity contribution in [3.8, 4) is 11.5 Å². The summed E-state index contributed by atoms with van der Waals surface area (Å²) >= 11 is 13.2. The minimum Gasteiger partial charge on any atom is -0.403 e. The topological polar surface area (TPSA) is 68.0 Å². The standard InChI is InChI=1S/C17H15Cl2N3O2S/c1-17(2,3)10-6-4-9(5-7-10)14(23)20-16-22-21-15(24-16)11-8-12(18)25-13(11)19/h4-8H,1-3H3,(H,20,22,23). The summed E-state index contributed by atoms with van der Waals surface area (Å²) in [6.45, 7) is 6.34. The summed E-state index contributed by atoms with van der Waals surface area (Å²) in [7, 11) is 0. The third-order valence-corrected chi connectivity index (χ3v) is 5.03. The lowest BCUT2D eigenvalue weighted by Gasteiger charge is -2.18. The van der Waals surface area contributed by atoms with E-state index in [2.05, 4.69) is 36.3 Å². The van der Waals surface area contributed by atoms with Gasteiger partial charge in [0.2, 0.25) is 0 Å². The van der Waals surface area contributed by atoms with Gasteiger partial charge in [-0.1, -0.05) is 61.2 Å². The summed E-state index contributed by atoms with van der Waals surface area (Å²) in [5, 5.41) is 10.3. The van der Waals surface area contributed by atoms with Gasteiger partial charge in [0, 0.05) is 5.56 Å². The quantitative estimate of drug-likeness (QED) is 0.621. The fourth-order valence-electron chi connectivity index (χ4n) is 2.16. The summed E-state index contributed by atoms with van der Waals surface area (Å²) in [5.41, 5.74) is 2.22. The predicted molar refractivity (Wildman–Crippen MR) is 101 cm³/mol. The molecular formula is C17H15Cl2N3O2S. The number of amides is 1. The van der Waals surface area contributed by atoms with E-state index in [-0.39, 0.29) is 23.2 Å². The number of nitrogens with one attached hydrogen (secondary N) is 1. The van der Waals surface area contributed by atoms with Crippen LogP contribution in [0.5, 0.6) is 0 Å². The molecule has 3 aromatic rings. The number of thiophene rings is 1. The number of aromatic nitrogens is 2. The lowest BCUT2D eigenvalue weighted by Crippen LogP contribution is -2.14. The summed E-state index contributed by atoms with van der Waals surface area (Å²) in [6, 6.07) is 9.03. The number of carbonyl (C=O) groups excluding carboxylic acids is 1. The third-order valence-electron chi connectivity index (χ3n) is 3.55. The molecule has 0 unspecified atom stereocenters. The molecule has 0 bridgehead atoms. The number of benzene rings is 1. The van der Waals surface area contributed by atoms with E-state index in [0.717, 1.165) is 5.56 Å². The van der Waals surface area contributed by atoms with Crippen molar-refractivity contribution < 1.29 is 9.21 Å². The first kappa shape index (κ1) is 17.9. The third kappa shape index (κ3) is 4.03. The van der Waals surface area contributed by atoms with E-state index in [1.165, 1.54) is 11.3 Å². The molecule has 25 heavy (non-hydrogen) atoms. The number of halogens is 2. The normalized spacial score (nSPS) is 11.6. The molecule has 1 N–H and O–H groups in total. The van der Waals surface area contributed by atoms with Crippen molar-refractivity contribution >= 4 is 46.5 Å². The molecule has 0 aliphatic heterocycles. The SMILES string of the molecule is CC(C)(C)c1ccc(C(=O)Nc2nnc(-c3cc(Cl)sc3Cl)o2)cc1. The van der Waals surface area contributed by atoms with Crippen LogP contribution in [0.3, 0.4) is 0 Å². The van der Waals surface area contributed by atoms with Gasteiger partial charge in [0.05, 0.1) is 9.90 Å². The number of rotatable bonds is 3. The van der Waals surface area contributed by atoms with E-state index in [1.54, 1.807) is 18.2 Å². The van der Waals surface area contributed by atoms with Crippen LogP contribution >= 0.6 is 34.5 Å². The maximum Gasteiger partial charge on any atom is 0.322 e. The number of hydrogen-bond donors (Lipinski definition) is 1. The van der Waals surface area contributed by atoms with Crippen molar-refractivity contribution in [2.75, 3.05) is 5.32 Å². The smallest absolute Gasteiger partial charge is 0.322 e. The molecule has 0 atom stereocenters. The van der Waals surface area contributed by atoms with Gasteiger partial charge in [-0.3, -0.25) is 10.1 Å². The van der Waals surface area contributed by atoms with Gasteiger partial charge in [0.1, 0.15) is 4.34 Å². The molecule has 0 fully saturated rings. The van der Waals surface area contributed by atoms with E-state index in [0.29, 0.717) is 19.8 Å². The molecule has 0 radical (unpaired) electrons.